The molecule has 0 aliphatic heterocycles. The third-order valence-corrected chi connectivity index (χ3v) is 4.43. The summed E-state index contributed by atoms with van der Waals surface area (Å²) in [6.07, 6.45) is 0.799. The van der Waals surface area contributed by atoms with Gasteiger partial charge in [-0.05, 0) is 24.6 Å². The zero-order valence-corrected chi connectivity index (χ0v) is 14.1. The lowest BCUT2D eigenvalue weighted by Gasteiger charge is -2.06. The molecule has 7 nitrogen and oxygen atoms in total. The molecule has 0 aliphatic carbocycles. The van der Waals surface area contributed by atoms with Crippen LogP contribution >= 0.6 is 23.4 Å². The third kappa shape index (κ3) is 3.95. The predicted octanol–water partition coefficient (Wildman–Crippen LogP) is 4.11. The van der Waals surface area contributed by atoms with Crippen molar-refractivity contribution in [1.82, 2.24) is 15.0 Å². The minimum atomic E-state index is -0.477. The van der Waals surface area contributed by atoms with E-state index < -0.39 is 4.92 Å². The maximum atomic E-state index is 11.0. The lowest BCUT2D eigenvalue weighted by molar-refractivity contribution is -0.384. The second kappa shape index (κ2) is 7.50. The molecular formula is C15H14ClN5O2S. The fraction of sp³-hybridized carbons (Fsp3) is 0.200. The van der Waals surface area contributed by atoms with Crippen molar-refractivity contribution in [1.29, 1.82) is 0 Å². The Morgan fingerprint density at radius 2 is 2.08 bits per heavy atom. The molecule has 3 rings (SSSR count). The highest BCUT2D eigenvalue weighted by Gasteiger charge is 2.15. The number of anilines is 1. The molecule has 2 N–H and O–H groups in total. The van der Waals surface area contributed by atoms with Crippen molar-refractivity contribution in [3.63, 3.8) is 0 Å². The van der Waals surface area contributed by atoms with Crippen LogP contribution in [0.3, 0.4) is 0 Å². The van der Waals surface area contributed by atoms with E-state index >= 15 is 0 Å². The van der Waals surface area contributed by atoms with E-state index in [1.807, 2.05) is 24.3 Å². The Bertz CT molecular complexity index is 837. The molecule has 0 bridgehead atoms. The van der Waals surface area contributed by atoms with Crippen LogP contribution in [0, 0.1) is 10.1 Å². The summed E-state index contributed by atoms with van der Waals surface area (Å²) in [6, 6.07) is 10.6. The van der Waals surface area contributed by atoms with Gasteiger partial charge in [0.25, 0.3) is 0 Å². The number of nitrogens with zero attached hydrogens (tertiary/aromatic N) is 3. The molecule has 0 atom stereocenters. The van der Waals surface area contributed by atoms with Crippen LogP contribution in [0.1, 0.15) is 6.42 Å². The highest BCUT2D eigenvalue weighted by atomic mass is 35.5. The minimum absolute atomic E-state index is 0.0793. The summed E-state index contributed by atoms with van der Waals surface area (Å²) in [4.78, 5) is 22.2. The number of nitro groups is 1. The van der Waals surface area contributed by atoms with Crippen molar-refractivity contribution < 1.29 is 4.92 Å². The van der Waals surface area contributed by atoms with Gasteiger partial charge in [0, 0.05) is 18.4 Å². The molecular weight excluding hydrogens is 350 g/mol. The summed E-state index contributed by atoms with van der Waals surface area (Å²) in [5.41, 5.74) is 1.87. The SMILES string of the molecule is O=[N+]([O-])c1ccc(Cl)nc1NCCCSc1nc2ccccc2[nH]1. The van der Waals surface area contributed by atoms with E-state index in [1.54, 1.807) is 11.8 Å². The van der Waals surface area contributed by atoms with Crippen LogP contribution in [-0.2, 0) is 0 Å². The molecule has 2 aromatic heterocycles. The normalized spacial score (nSPS) is 10.9. The lowest BCUT2D eigenvalue weighted by atomic mass is 10.3. The summed E-state index contributed by atoms with van der Waals surface area (Å²) < 4.78 is 0. The lowest BCUT2D eigenvalue weighted by Crippen LogP contribution is -2.07. The van der Waals surface area contributed by atoms with Crippen molar-refractivity contribution in [3.05, 3.63) is 51.7 Å². The van der Waals surface area contributed by atoms with Crippen LogP contribution in [0.5, 0.6) is 0 Å². The van der Waals surface area contributed by atoms with Gasteiger partial charge in [0.2, 0.25) is 5.82 Å². The van der Waals surface area contributed by atoms with Gasteiger partial charge in [-0.25, -0.2) is 9.97 Å². The number of fused-ring (bicyclic) bond motifs is 1. The van der Waals surface area contributed by atoms with Crippen molar-refractivity contribution in [3.8, 4) is 0 Å². The number of pyridine rings is 1. The maximum Gasteiger partial charge on any atom is 0.311 e. The molecule has 0 radical (unpaired) electrons. The first-order valence-corrected chi connectivity index (χ1v) is 8.62. The van der Waals surface area contributed by atoms with Gasteiger partial charge in [-0.2, -0.15) is 0 Å². The number of imidazole rings is 1. The Hall–Kier alpha value is -2.32. The van der Waals surface area contributed by atoms with E-state index in [9.17, 15) is 10.1 Å². The number of nitrogens with one attached hydrogen (secondary N) is 2. The predicted molar refractivity (Wildman–Crippen MR) is 95.8 cm³/mol. The number of benzene rings is 1. The average Bonchev–Trinajstić information content (AvgIpc) is 2.97. The number of thioether (sulfide) groups is 1. The maximum absolute atomic E-state index is 11.0. The zero-order chi connectivity index (χ0) is 16.9. The molecule has 1 aromatic carbocycles. The summed E-state index contributed by atoms with van der Waals surface area (Å²) >= 11 is 7.40. The molecule has 9 heteroatoms. The number of hydrogen-bond donors (Lipinski definition) is 2. The highest BCUT2D eigenvalue weighted by Crippen LogP contribution is 2.24. The average molecular weight is 364 g/mol. The Morgan fingerprint density at radius 1 is 1.25 bits per heavy atom. The van der Waals surface area contributed by atoms with E-state index in [-0.39, 0.29) is 16.7 Å². The second-order valence-electron chi connectivity index (χ2n) is 4.95. The van der Waals surface area contributed by atoms with Gasteiger partial charge in [-0.3, -0.25) is 10.1 Å². The van der Waals surface area contributed by atoms with Crippen molar-refractivity contribution >= 4 is 45.9 Å². The fourth-order valence-corrected chi connectivity index (χ4v) is 3.13. The molecule has 0 fully saturated rings. The smallest absolute Gasteiger partial charge is 0.311 e. The molecule has 0 aliphatic rings. The van der Waals surface area contributed by atoms with Gasteiger partial charge < -0.3 is 10.3 Å². The molecule has 0 amide bonds. The van der Waals surface area contributed by atoms with Crippen LogP contribution < -0.4 is 5.32 Å². The first kappa shape index (κ1) is 16.5. The molecule has 0 unspecified atom stereocenters. The molecule has 2 heterocycles. The molecule has 0 saturated carbocycles. The molecule has 3 aromatic rings. The van der Waals surface area contributed by atoms with Crippen LogP contribution in [0.4, 0.5) is 11.5 Å². The van der Waals surface area contributed by atoms with Crippen LogP contribution in [0.2, 0.25) is 5.15 Å². The first-order chi connectivity index (χ1) is 11.6. The standard InChI is InChI=1S/C15H14ClN5O2S/c16-13-7-6-12(21(22)23)14(20-13)17-8-3-9-24-15-18-10-4-1-2-5-11(10)19-15/h1-2,4-7H,3,8-9H2,(H,17,20)(H,18,19). The number of halogens is 1. The number of H-pyrrole nitrogens is 1. The molecule has 0 saturated heterocycles. The largest absolute Gasteiger partial charge is 0.364 e. The van der Waals surface area contributed by atoms with Crippen molar-refractivity contribution in [2.75, 3.05) is 17.6 Å². The van der Waals surface area contributed by atoms with Gasteiger partial charge in [0.05, 0.1) is 16.0 Å². The minimum Gasteiger partial charge on any atom is -0.364 e. The number of aromatic amines is 1. The van der Waals surface area contributed by atoms with Crippen LogP contribution in [0.15, 0.2) is 41.6 Å². The zero-order valence-electron chi connectivity index (χ0n) is 12.5. The Kier molecular flexibility index (Phi) is 5.17. The number of para-hydroxylation sites is 2. The van der Waals surface area contributed by atoms with Crippen LogP contribution in [0.25, 0.3) is 11.0 Å². The molecule has 24 heavy (non-hydrogen) atoms. The van der Waals surface area contributed by atoms with Crippen molar-refractivity contribution in [2.45, 2.75) is 11.6 Å². The van der Waals surface area contributed by atoms with Gasteiger partial charge in [-0.1, -0.05) is 35.5 Å². The summed E-state index contributed by atoms with van der Waals surface area (Å²) in [5.74, 6) is 1.02. The van der Waals surface area contributed by atoms with Gasteiger partial charge in [-0.15, -0.1) is 0 Å². The number of hydrogen-bond acceptors (Lipinski definition) is 6. The van der Waals surface area contributed by atoms with E-state index in [0.717, 1.165) is 28.4 Å². The summed E-state index contributed by atoms with van der Waals surface area (Å²) in [5, 5.41) is 15.0. The number of aromatic nitrogens is 3. The fourth-order valence-electron chi connectivity index (χ4n) is 2.15. The summed E-state index contributed by atoms with van der Waals surface area (Å²) in [7, 11) is 0. The van der Waals surface area contributed by atoms with Crippen LogP contribution in [-0.4, -0.2) is 32.2 Å². The number of rotatable bonds is 7. The third-order valence-electron chi connectivity index (χ3n) is 3.26. The van der Waals surface area contributed by atoms with E-state index in [0.29, 0.717) is 6.54 Å². The second-order valence-corrected chi connectivity index (χ2v) is 6.42. The van der Waals surface area contributed by atoms with Crippen molar-refractivity contribution in [2.24, 2.45) is 0 Å². The Morgan fingerprint density at radius 3 is 2.88 bits per heavy atom. The Balaban J connectivity index is 1.50. The van der Waals surface area contributed by atoms with E-state index in [1.165, 1.54) is 12.1 Å². The van der Waals surface area contributed by atoms with Gasteiger partial charge in [0.1, 0.15) is 5.15 Å². The topological polar surface area (TPSA) is 96.7 Å². The first-order valence-electron chi connectivity index (χ1n) is 7.26. The quantitative estimate of drug-likeness (QED) is 0.215. The highest BCUT2D eigenvalue weighted by molar-refractivity contribution is 7.99. The molecule has 124 valence electrons. The van der Waals surface area contributed by atoms with E-state index in [2.05, 4.69) is 20.3 Å². The van der Waals surface area contributed by atoms with Gasteiger partial charge >= 0.3 is 5.69 Å². The Labute approximate surface area is 147 Å². The van der Waals surface area contributed by atoms with Gasteiger partial charge in [0.15, 0.2) is 5.16 Å². The molecule has 0 spiro atoms. The van der Waals surface area contributed by atoms with E-state index in [4.69, 9.17) is 11.6 Å². The monoisotopic (exact) mass is 363 g/mol. The summed E-state index contributed by atoms with van der Waals surface area (Å²) in [6.45, 7) is 0.557.